The van der Waals surface area contributed by atoms with Crippen molar-refractivity contribution >= 4 is 11.6 Å². The first kappa shape index (κ1) is 11.9. The minimum atomic E-state index is 0.00794. The molecule has 0 atom stereocenters. The van der Waals surface area contributed by atoms with E-state index in [4.69, 9.17) is 5.84 Å². The molecule has 4 nitrogen and oxygen atoms in total. The standard InChI is InChI=1S/C13H19N3O/c1-8-5-11(6-8)15-13(17)10-3-4-12(16-14)9(2)7-10/h3-4,7-8,11,16H,5-6,14H2,1-2H3,(H,15,17). The summed E-state index contributed by atoms with van der Waals surface area (Å²) in [6, 6.07) is 5.82. The number of hydrogen-bond acceptors (Lipinski definition) is 3. The molecular formula is C13H19N3O. The van der Waals surface area contributed by atoms with Crippen LogP contribution in [0.25, 0.3) is 0 Å². The molecule has 0 radical (unpaired) electrons. The second-order valence-electron chi connectivity index (χ2n) is 4.92. The van der Waals surface area contributed by atoms with Crippen molar-refractivity contribution < 1.29 is 4.79 Å². The molecular weight excluding hydrogens is 214 g/mol. The second kappa shape index (κ2) is 4.75. The molecule has 1 fully saturated rings. The highest BCUT2D eigenvalue weighted by atomic mass is 16.1. The predicted molar refractivity (Wildman–Crippen MR) is 68.6 cm³/mol. The molecule has 1 aliphatic carbocycles. The van der Waals surface area contributed by atoms with E-state index in [1.807, 2.05) is 19.1 Å². The summed E-state index contributed by atoms with van der Waals surface area (Å²) in [4.78, 5) is 11.9. The average molecular weight is 233 g/mol. The number of carbonyl (C=O) groups is 1. The largest absolute Gasteiger partial charge is 0.349 e. The summed E-state index contributed by atoms with van der Waals surface area (Å²) >= 11 is 0. The number of aryl methyl sites for hydroxylation is 1. The Morgan fingerprint density at radius 3 is 2.65 bits per heavy atom. The second-order valence-corrected chi connectivity index (χ2v) is 4.92. The molecule has 0 bridgehead atoms. The van der Waals surface area contributed by atoms with Crippen LogP contribution in [0.15, 0.2) is 18.2 Å². The van der Waals surface area contributed by atoms with Crippen LogP contribution < -0.4 is 16.6 Å². The summed E-state index contributed by atoms with van der Waals surface area (Å²) in [5.41, 5.74) is 5.11. The lowest BCUT2D eigenvalue weighted by molar-refractivity contribution is 0.0896. The third-order valence-corrected chi connectivity index (χ3v) is 3.35. The Labute approximate surface area is 102 Å². The maximum absolute atomic E-state index is 11.9. The quantitative estimate of drug-likeness (QED) is 0.551. The summed E-state index contributed by atoms with van der Waals surface area (Å²) in [6.45, 7) is 4.13. The number of nitrogens with two attached hydrogens (primary N) is 1. The van der Waals surface area contributed by atoms with Crippen molar-refractivity contribution in [1.82, 2.24) is 5.32 Å². The number of nitrogens with one attached hydrogen (secondary N) is 2. The van der Waals surface area contributed by atoms with Crippen molar-refractivity contribution in [2.24, 2.45) is 11.8 Å². The highest BCUT2D eigenvalue weighted by Crippen LogP contribution is 2.26. The zero-order valence-electron chi connectivity index (χ0n) is 10.3. The Morgan fingerprint density at radius 2 is 2.12 bits per heavy atom. The smallest absolute Gasteiger partial charge is 0.251 e. The number of carbonyl (C=O) groups excluding carboxylic acids is 1. The zero-order valence-corrected chi connectivity index (χ0v) is 10.3. The topological polar surface area (TPSA) is 67.2 Å². The number of hydrogen-bond donors (Lipinski definition) is 3. The Morgan fingerprint density at radius 1 is 1.41 bits per heavy atom. The summed E-state index contributed by atoms with van der Waals surface area (Å²) in [6.07, 6.45) is 2.18. The Hall–Kier alpha value is -1.55. The van der Waals surface area contributed by atoms with Gasteiger partial charge in [0.1, 0.15) is 0 Å². The maximum atomic E-state index is 11.9. The normalized spacial score (nSPS) is 22.8. The summed E-state index contributed by atoms with van der Waals surface area (Å²) < 4.78 is 0. The molecule has 0 heterocycles. The number of hydrazine groups is 1. The van der Waals surface area contributed by atoms with Gasteiger partial charge in [0.05, 0.1) is 5.69 Å². The minimum Gasteiger partial charge on any atom is -0.349 e. The fourth-order valence-electron chi connectivity index (χ4n) is 2.26. The molecule has 4 N–H and O–H groups in total. The van der Waals surface area contributed by atoms with Crippen LogP contribution >= 0.6 is 0 Å². The van der Waals surface area contributed by atoms with E-state index in [2.05, 4.69) is 17.7 Å². The van der Waals surface area contributed by atoms with Crippen LogP contribution in [-0.4, -0.2) is 11.9 Å². The number of anilines is 1. The zero-order chi connectivity index (χ0) is 12.4. The highest BCUT2D eigenvalue weighted by Gasteiger charge is 2.26. The average Bonchev–Trinajstić information content (AvgIpc) is 2.26. The lowest BCUT2D eigenvalue weighted by atomic mass is 9.82. The molecule has 0 spiro atoms. The van der Waals surface area contributed by atoms with E-state index in [-0.39, 0.29) is 5.91 Å². The van der Waals surface area contributed by atoms with E-state index >= 15 is 0 Å². The lowest BCUT2D eigenvalue weighted by Crippen LogP contribution is -2.43. The highest BCUT2D eigenvalue weighted by molar-refractivity contribution is 5.95. The van der Waals surface area contributed by atoms with Crippen molar-refractivity contribution in [3.05, 3.63) is 29.3 Å². The molecule has 1 amide bonds. The summed E-state index contributed by atoms with van der Waals surface area (Å²) in [5, 5.41) is 3.04. The van der Waals surface area contributed by atoms with Crippen LogP contribution in [0.2, 0.25) is 0 Å². The molecule has 0 unspecified atom stereocenters. The molecule has 92 valence electrons. The van der Waals surface area contributed by atoms with Crippen LogP contribution in [0.4, 0.5) is 5.69 Å². The van der Waals surface area contributed by atoms with Crippen molar-refractivity contribution in [3.8, 4) is 0 Å². The van der Waals surface area contributed by atoms with Crippen LogP contribution in [0.3, 0.4) is 0 Å². The Bertz CT molecular complexity index is 425. The van der Waals surface area contributed by atoms with Crippen LogP contribution in [0, 0.1) is 12.8 Å². The molecule has 4 heteroatoms. The van der Waals surface area contributed by atoms with Gasteiger partial charge in [0, 0.05) is 11.6 Å². The van der Waals surface area contributed by atoms with Crippen molar-refractivity contribution in [2.45, 2.75) is 32.7 Å². The summed E-state index contributed by atoms with van der Waals surface area (Å²) in [5.74, 6) is 6.10. The monoisotopic (exact) mass is 233 g/mol. The lowest BCUT2D eigenvalue weighted by Gasteiger charge is -2.33. The first-order chi connectivity index (χ1) is 8.10. The van der Waals surface area contributed by atoms with Gasteiger partial charge < -0.3 is 10.7 Å². The number of rotatable bonds is 3. The van der Waals surface area contributed by atoms with E-state index in [9.17, 15) is 4.79 Å². The van der Waals surface area contributed by atoms with Gasteiger partial charge >= 0.3 is 0 Å². The van der Waals surface area contributed by atoms with E-state index in [0.717, 1.165) is 30.0 Å². The van der Waals surface area contributed by atoms with Gasteiger partial charge in [-0.05, 0) is 49.4 Å². The van der Waals surface area contributed by atoms with Crippen LogP contribution in [-0.2, 0) is 0 Å². The van der Waals surface area contributed by atoms with Crippen LogP contribution in [0.5, 0.6) is 0 Å². The molecule has 1 aromatic rings. The molecule has 2 rings (SSSR count). The third-order valence-electron chi connectivity index (χ3n) is 3.35. The first-order valence-corrected chi connectivity index (χ1v) is 5.98. The number of benzene rings is 1. The first-order valence-electron chi connectivity index (χ1n) is 5.98. The molecule has 0 saturated heterocycles. The predicted octanol–water partition coefficient (Wildman–Crippen LogP) is 1.81. The summed E-state index contributed by atoms with van der Waals surface area (Å²) in [7, 11) is 0. The van der Waals surface area contributed by atoms with Gasteiger partial charge in [0.2, 0.25) is 0 Å². The fourth-order valence-corrected chi connectivity index (χ4v) is 2.26. The van der Waals surface area contributed by atoms with Crippen molar-refractivity contribution in [1.29, 1.82) is 0 Å². The maximum Gasteiger partial charge on any atom is 0.251 e. The minimum absolute atomic E-state index is 0.00794. The van der Waals surface area contributed by atoms with Gasteiger partial charge in [-0.2, -0.15) is 0 Å². The van der Waals surface area contributed by atoms with Crippen LogP contribution in [0.1, 0.15) is 35.7 Å². The van der Waals surface area contributed by atoms with E-state index in [1.165, 1.54) is 0 Å². The molecule has 1 saturated carbocycles. The van der Waals surface area contributed by atoms with E-state index < -0.39 is 0 Å². The van der Waals surface area contributed by atoms with Gasteiger partial charge in [-0.3, -0.25) is 10.6 Å². The van der Waals surface area contributed by atoms with E-state index in [0.29, 0.717) is 11.6 Å². The molecule has 0 aliphatic heterocycles. The van der Waals surface area contributed by atoms with Crippen molar-refractivity contribution in [3.63, 3.8) is 0 Å². The molecule has 1 aromatic carbocycles. The molecule has 0 aromatic heterocycles. The fraction of sp³-hybridized carbons (Fsp3) is 0.462. The Balaban J connectivity index is 2.01. The van der Waals surface area contributed by atoms with Gasteiger partial charge in [-0.15, -0.1) is 0 Å². The SMILES string of the molecule is Cc1cc(C(=O)NC2CC(C)C2)ccc1NN. The van der Waals surface area contributed by atoms with Crippen molar-refractivity contribution in [2.75, 3.05) is 5.43 Å². The Kier molecular flexibility index (Phi) is 3.33. The van der Waals surface area contributed by atoms with Gasteiger partial charge in [-0.25, -0.2) is 0 Å². The van der Waals surface area contributed by atoms with E-state index in [1.54, 1.807) is 6.07 Å². The van der Waals surface area contributed by atoms with Gasteiger partial charge in [-0.1, -0.05) is 6.92 Å². The third kappa shape index (κ3) is 2.58. The molecule has 1 aliphatic rings. The molecule has 17 heavy (non-hydrogen) atoms. The van der Waals surface area contributed by atoms with Gasteiger partial charge in [0.15, 0.2) is 0 Å². The number of nitrogen functional groups attached to an aromatic ring is 1. The number of amides is 1. The van der Waals surface area contributed by atoms with Gasteiger partial charge in [0.25, 0.3) is 5.91 Å².